The Balaban J connectivity index is 1.87. The van der Waals surface area contributed by atoms with Gasteiger partial charge in [-0.15, -0.1) is 0 Å². The average molecular weight is 268 g/mol. The summed E-state index contributed by atoms with van der Waals surface area (Å²) in [4.78, 5) is 25.3. The number of likely N-dealkylation sites (tertiary alicyclic amines) is 1. The zero-order chi connectivity index (χ0) is 13.7. The highest BCUT2D eigenvalue weighted by Crippen LogP contribution is 2.36. The molecule has 0 aromatic heterocycles. The highest BCUT2D eigenvalue weighted by Gasteiger charge is 2.40. The first kappa shape index (κ1) is 14.2. The fourth-order valence-electron chi connectivity index (χ4n) is 3.15. The standard InChI is InChI=1S/C14H24N2O3/c17-12(18)14(7-3-1-4-8-14)11-15-13(19)16-9-5-2-6-10-16/h1-11H2,(H,15,19)(H,17,18). The number of hydrogen-bond donors (Lipinski definition) is 2. The van der Waals surface area contributed by atoms with Crippen LogP contribution in [0.3, 0.4) is 0 Å². The van der Waals surface area contributed by atoms with Crippen molar-refractivity contribution in [3.8, 4) is 0 Å². The lowest BCUT2D eigenvalue weighted by Gasteiger charge is -2.34. The Morgan fingerprint density at radius 3 is 2.16 bits per heavy atom. The predicted molar refractivity (Wildman–Crippen MR) is 72.0 cm³/mol. The molecule has 2 aliphatic rings. The van der Waals surface area contributed by atoms with Crippen LogP contribution in [0.5, 0.6) is 0 Å². The van der Waals surface area contributed by atoms with Gasteiger partial charge in [-0.2, -0.15) is 0 Å². The van der Waals surface area contributed by atoms with E-state index in [1.54, 1.807) is 0 Å². The van der Waals surface area contributed by atoms with E-state index < -0.39 is 11.4 Å². The molecule has 0 unspecified atom stereocenters. The molecule has 0 radical (unpaired) electrons. The zero-order valence-electron chi connectivity index (χ0n) is 11.5. The summed E-state index contributed by atoms with van der Waals surface area (Å²) in [5.41, 5.74) is -0.732. The molecule has 0 spiro atoms. The van der Waals surface area contributed by atoms with Gasteiger partial charge in [0.25, 0.3) is 0 Å². The summed E-state index contributed by atoms with van der Waals surface area (Å²) in [7, 11) is 0. The van der Waals surface area contributed by atoms with Crippen molar-refractivity contribution in [1.29, 1.82) is 0 Å². The van der Waals surface area contributed by atoms with Crippen molar-refractivity contribution in [1.82, 2.24) is 10.2 Å². The van der Waals surface area contributed by atoms with Crippen molar-refractivity contribution in [2.45, 2.75) is 51.4 Å². The van der Waals surface area contributed by atoms with Crippen LogP contribution in [0, 0.1) is 5.41 Å². The molecule has 1 aliphatic heterocycles. The Labute approximate surface area is 114 Å². The van der Waals surface area contributed by atoms with Gasteiger partial charge in [0.1, 0.15) is 0 Å². The molecule has 2 rings (SSSR count). The Bertz CT molecular complexity index is 332. The Morgan fingerprint density at radius 1 is 1.00 bits per heavy atom. The van der Waals surface area contributed by atoms with Gasteiger partial charge in [0, 0.05) is 19.6 Å². The number of amides is 2. The third-order valence-corrected chi connectivity index (χ3v) is 4.49. The third kappa shape index (κ3) is 3.39. The van der Waals surface area contributed by atoms with Crippen molar-refractivity contribution in [2.24, 2.45) is 5.41 Å². The molecule has 2 fully saturated rings. The van der Waals surface area contributed by atoms with E-state index >= 15 is 0 Å². The van der Waals surface area contributed by atoms with Crippen molar-refractivity contribution in [2.75, 3.05) is 19.6 Å². The smallest absolute Gasteiger partial charge is 0.317 e. The van der Waals surface area contributed by atoms with E-state index in [1.165, 1.54) is 6.42 Å². The van der Waals surface area contributed by atoms with E-state index in [9.17, 15) is 14.7 Å². The van der Waals surface area contributed by atoms with Crippen molar-refractivity contribution in [3.63, 3.8) is 0 Å². The maximum absolute atomic E-state index is 12.0. The number of carbonyl (C=O) groups is 2. The van der Waals surface area contributed by atoms with Crippen LogP contribution in [0.2, 0.25) is 0 Å². The predicted octanol–water partition coefficient (Wildman–Crippen LogP) is 2.22. The number of hydrogen-bond acceptors (Lipinski definition) is 2. The van der Waals surface area contributed by atoms with Gasteiger partial charge in [-0.25, -0.2) is 4.79 Å². The van der Waals surface area contributed by atoms with Gasteiger partial charge in [0.05, 0.1) is 5.41 Å². The van der Waals surface area contributed by atoms with Gasteiger partial charge < -0.3 is 15.3 Å². The Hall–Kier alpha value is -1.26. The van der Waals surface area contributed by atoms with Gasteiger partial charge in [0.2, 0.25) is 0 Å². The van der Waals surface area contributed by atoms with Crippen LogP contribution in [-0.2, 0) is 4.79 Å². The quantitative estimate of drug-likeness (QED) is 0.824. The first-order valence-corrected chi connectivity index (χ1v) is 7.40. The number of urea groups is 1. The molecule has 2 amide bonds. The number of carboxylic acid groups (broad SMARTS) is 1. The minimum Gasteiger partial charge on any atom is -0.481 e. The van der Waals surface area contributed by atoms with Crippen LogP contribution < -0.4 is 5.32 Å². The number of aliphatic carboxylic acids is 1. The molecule has 1 heterocycles. The molecule has 0 aromatic rings. The summed E-state index contributed by atoms with van der Waals surface area (Å²) in [5.74, 6) is -0.758. The summed E-state index contributed by atoms with van der Waals surface area (Å²) in [6.45, 7) is 1.87. The first-order chi connectivity index (χ1) is 9.14. The van der Waals surface area contributed by atoms with Gasteiger partial charge >= 0.3 is 12.0 Å². The fraction of sp³-hybridized carbons (Fsp3) is 0.857. The van der Waals surface area contributed by atoms with Crippen LogP contribution in [0.1, 0.15) is 51.4 Å². The van der Waals surface area contributed by atoms with E-state index in [0.717, 1.165) is 45.2 Å². The van der Waals surface area contributed by atoms with Crippen LogP contribution in [-0.4, -0.2) is 41.6 Å². The lowest BCUT2D eigenvalue weighted by molar-refractivity contribution is -0.150. The molecule has 5 heteroatoms. The zero-order valence-corrected chi connectivity index (χ0v) is 11.5. The van der Waals surface area contributed by atoms with Gasteiger partial charge in [-0.3, -0.25) is 4.79 Å². The molecule has 1 saturated carbocycles. The largest absolute Gasteiger partial charge is 0.481 e. The molecule has 19 heavy (non-hydrogen) atoms. The molecule has 1 aliphatic carbocycles. The molecular weight excluding hydrogens is 244 g/mol. The molecule has 5 nitrogen and oxygen atoms in total. The third-order valence-electron chi connectivity index (χ3n) is 4.49. The minimum absolute atomic E-state index is 0.0918. The summed E-state index contributed by atoms with van der Waals surface area (Å²) < 4.78 is 0. The monoisotopic (exact) mass is 268 g/mol. The van der Waals surface area contributed by atoms with Crippen molar-refractivity contribution in [3.05, 3.63) is 0 Å². The number of carboxylic acids is 1. The summed E-state index contributed by atoms with van der Waals surface area (Å²) in [5, 5.41) is 12.3. The fourth-order valence-corrected chi connectivity index (χ4v) is 3.15. The van der Waals surface area contributed by atoms with E-state index in [1.807, 2.05) is 4.90 Å². The summed E-state index contributed by atoms with van der Waals surface area (Å²) >= 11 is 0. The van der Waals surface area contributed by atoms with Gasteiger partial charge in [-0.1, -0.05) is 19.3 Å². The summed E-state index contributed by atoms with van der Waals surface area (Å²) in [6, 6.07) is -0.0918. The summed E-state index contributed by atoms with van der Waals surface area (Å²) in [6.07, 6.45) is 7.66. The second-order valence-electron chi connectivity index (χ2n) is 5.85. The van der Waals surface area contributed by atoms with Crippen LogP contribution in [0.15, 0.2) is 0 Å². The Morgan fingerprint density at radius 2 is 1.58 bits per heavy atom. The molecule has 108 valence electrons. The minimum atomic E-state index is -0.758. The van der Waals surface area contributed by atoms with Gasteiger partial charge in [-0.05, 0) is 32.1 Å². The molecule has 0 aromatic carbocycles. The Kier molecular flexibility index (Phi) is 4.66. The number of piperidine rings is 1. The SMILES string of the molecule is O=C(NCC1(C(=O)O)CCCCC1)N1CCCCC1. The first-order valence-electron chi connectivity index (χ1n) is 7.40. The number of carbonyl (C=O) groups excluding carboxylic acids is 1. The van der Waals surface area contributed by atoms with E-state index in [-0.39, 0.29) is 12.6 Å². The highest BCUT2D eigenvalue weighted by atomic mass is 16.4. The number of nitrogens with one attached hydrogen (secondary N) is 1. The average Bonchev–Trinajstić information content (AvgIpc) is 2.46. The maximum Gasteiger partial charge on any atom is 0.317 e. The highest BCUT2D eigenvalue weighted by molar-refractivity contribution is 5.78. The van der Waals surface area contributed by atoms with E-state index in [4.69, 9.17) is 0 Å². The van der Waals surface area contributed by atoms with Crippen LogP contribution in [0.4, 0.5) is 4.79 Å². The molecule has 0 atom stereocenters. The second kappa shape index (κ2) is 6.26. The van der Waals surface area contributed by atoms with Crippen LogP contribution >= 0.6 is 0 Å². The normalized spacial score (nSPS) is 22.8. The maximum atomic E-state index is 12.0. The topological polar surface area (TPSA) is 69.6 Å². The lowest BCUT2D eigenvalue weighted by atomic mass is 9.74. The van der Waals surface area contributed by atoms with Crippen LogP contribution in [0.25, 0.3) is 0 Å². The molecule has 2 N–H and O–H groups in total. The van der Waals surface area contributed by atoms with Gasteiger partial charge in [0.15, 0.2) is 0 Å². The molecule has 0 bridgehead atoms. The van der Waals surface area contributed by atoms with E-state index in [0.29, 0.717) is 12.8 Å². The van der Waals surface area contributed by atoms with E-state index in [2.05, 4.69) is 5.32 Å². The van der Waals surface area contributed by atoms with Crippen molar-refractivity contribution >= 4 is 12.0 Å². The number of rotatable bonds is 3. The second-order valence-corrected chi connectivity index (χ2v) is 5.85. The number of nitrogens with zero attached hydrogens (tertiary/aromatic N) is 1. The lowest BCUT2D eigenvalue weighted by Crippen LogP contribution is -2.49. The van der Waals surface area contributed by atoms with Crippen molar-refractivity contribution < 1.29 is 14.7 Å². The molecular formula is C14H24N2O3. The molecule has 1 saturated heterocycles.